The lowest BCUT2D eigenvalue weighted by Gasteiger charge is -2.12. The Morgan fingerprint density at radius 3 is 1.75 bits per heavy atom. The highest BCUT2D eigenvalue weighted by atomic mass is 16.5. The summed E-state index contributed by atoms with van der Waals surface area (Å²) in [4.78, 5) is 0. The molecule has 0 heterocycles. The Morgan fingerprint density at radius 2 is 1.25 bits per heavy atom. The molecule has 0 spiro atoms. The Balaban J connectivity index is 2.38. The molecule has 0 aromatic heterocycles. The third-order valence-electron chi connectivity index (χ3n) is 3.31. The maximum absolute atomic E-state index is 5.30. The standard InChI is InChI=1S/C17H20N2O5/c1-20-12-6-7-13(14(10-12)21-2)19-18-11-8-15(22-3)17(24-5)16(9-11)23-4/h6-10H,1-5H3. The van der Waals surface area contributed by atoms with Crippen molar-refractivity contribution in [2.75, 3.05) is 35.5 Å². The summed E-state index contributed by atoms with van der Waals surface area (Å²) < 4.78 is 26.3. The van der Waals surface area contributed by atoms with Crippen LogP contribution in [0, 0.1) is 0 Å². The second-order valence-electron chi connectivity index (χ2n) is 4.62. The highest BCUT2D eigenvalue weighted by Crippen LogP contribution is 2.41. The van der Waals surface area contributed by atoms with Crippen molar-refractivity contribution in [1.29, 1.82) is 0 Å². The minimum Gasteiger partial charge on any atom is -0.497 e. The van der Waals surface area contributed by atoms with E-state index in [2.05, 4.69) is 10.2 Å². The van der Waals surface area contributed by atoms with E-state index in [1.54, 1.807) is 65.9 Å². The molecule has 2 aromatic carbocycles. The van der Waals surface area contributed by atoms with Crippen LogP contribution in [-0.4, -0.2) is 35.5 Å². The zero-order valence-electron chi connectivity index (χ0n) is 14.3. The summed E-state index contributed by atoms with van der Waals surface area (Å²) in [5, 5.41) is 8.44. The molecular formula is C17H20N2O5. The highest BCUT2D eigenvalue weighted by molar-refractivity contribution is 5.61. The van der Waals surface area contributed by atoms with Gasteiger partial charge in [0.25, 0.3) is 0 Å². The molecule has 128 valence electrons. The molecule has 0 radical (unpaired) electrons. The second kappa shape index (κ2) is 8.05. The molecule has 24 heavy (non-hydrogen) atoms. The first-order chi connectivity index (χ1) is 11.7. The maximum atomic E-state index is 5.30. The van der Waals surface area contributed by atoms with E-state index in [1.165, 1.54) is 0 Å². The molecule has 0 amide bonds. The largest absolute Gasteiger partial charge is 0.497 e. The van der Waals surface area contributed by atoms with E-state index in [9.17, 15) is 0 Å². The lowest BCUT2D eigenvalue weighted by molar-refractivity contribution is 0.324. The molecule has 2 aromatic rings. The maximum Gasteiger partial charge on any atom is 0.203 e. The molecule has 2 rings (SSSR count). The van der Waals surface area contributed by atoms with Gasteiger partial charge in [0.05, 0.1) is 41.2 Å². The summed E-state index contributed by atoms with van der Waals surface area (Å²) >= 11 is 0. The Labute approximate surface area is 140 Å². The first-order valence-corrected chi connectivity index (χ1v) is 7.10. The summed E-state index contributed by atoms with van der Waals surface area (Å²) in [5.41, 5.74) is 1.13. The SMILES string of the molecule is COc1ccc(N=Nc2cc(OC)c(OC)c(OC)c2)c(OC)c1. The number of methoxy groups -OCH3 is 5. The molecule has 0 aliphatic rings. The van der Waals surface area contributed by atoms with Gasteiger partial charge >= 0.3 is 0 Å². The van der Waals surface area contributed by atoms with E-state index in [1.807, 2.05) is 0 Å². The monoisotopic (exact) mass is 332 g/mol. The van der Waals surface area contributed by atoms with Gasteiger partial charge in [-0.25, -0.2) is 0 Å². The van der Waals surface area contributed by atoms with Gasteiger partial charge < -0.3 is 23.7 Å². The van der Waals surface area contributed by atoms with Gasteiger partial charge in [-0.05, 0) is 12.1 Å². The molecule has 7 heteroatoms. The van der Waals surface area contributed by atoms with Crippen LogP contribution in [0.25, 0.3) is 0 Å². The van der Waals surface area contributed by atoms with Crippen molar-refractivity contribution in [2.45, 2.75) is 0 Å². The fourth-order valence-corrected chi connectivity index (χ4v) is 2.10. The van der Waals surface area contributed by atoms with E-state index in [0.717, 1.165) is 0 Å². The van der Waals surface area contributed by atoms with Gasteiger partial charge in [-0.1, -0.05) is 0 Å². The van der Waals surface area contributed by atoms with Crippen molar-refractivity contribution in [3.63, 3.8) is 0 Å². The van der Waals surface area contributed by atoms with Crippen LogP contribution >= 0.6 is 0 Å². The Hall–Kier alpha value is -2.96. The van der Waals surface area contributed by atoms with Crippen LogP contribution in [0.15, 0.2) is 40.6 Å². The van der Waals surface area contributed by atoms with Gasteiger partial charge in [-0.15, -0.1) is 5.11 Å². The molecule has 0 aliphatic carbocycles. The summed E-state index contributed by atoms with van der Waals surface area (Å²) in [7, 11) is 7.79. The van der Waals surface area contributed by atoms with Gasteiger partial charge in [-0.2, -0.15) is 5.11 Å². The Kier molecular flexibility index (Phi) is 5.83. The third-order valence-corrected chi connectivity index (χ3v) is 3.31. The predicted molar refractivity (Wildman–Crippen MR) is 89.8 cm³/mol. The van der Waals surface area contributed by atoms with Gasteiger partial charge in [0.15, 0.2) is 11.5 Å². The molecule has 0 unspecified atom stereocenters. The van der Waals surface area contributed by atoms with Crippen LogP contribution in [0.4, 0.5) is 11.4 Å². The Bertz CT molecular complexity index is 706. The molecule has 0 saturated carbocycles. The van der Waals surface area contributed by atoms with E-state index < -0.39 is 0 Å². The highest BCUT2D eigenvalue weighted by Gasteiger charge is 2.13. The molecule has 7 nitrogen and oxygen atoms in total. The number of benzene rings is 2. The minimum atomic E-state index is 0.501. The topological polar surface area (TPSA) is 70.9 Å². The van der Waals surface area contributed by atoms with Crippen molar-refractivity contribution in [3.05, 3.63) is 30.3 Å². The van der Waals surface area contributed by atoms with Gasteiger partial charge in [0.1, 0.15) is 17.2 Å². The van der Waals surface area contributed by atoms with Gasteiger partial charge in [-0.3, -0.25) is 0 Å². The Morgan fingerprint density at radius 1 is 0.625 bits per heavy atom. The molecule has 0 bridgehead atoms. The molecule has 0 N–H and O–H groups in total. The lowest BCUT2D eigenvalue weighted by atomic mass is 10.2. The zero-order chi connectivity index (χ0) is 17.5. The van der Waals surface area contributed by atoms with Crippen molar-refractivity contribution in [3.8, 4) is 28.7 Å². The summed E-state index contributed by atoms with van der Waals surface area (Å²) in [6.45, 7) is 0. The number of ether oxygens (including phenoxy) is 5. The average Bonchev–Trinajstić information content (AvgIpc) is 2.64. The van der Waals surface area contributed by atoms with Gasteiger partial charge in [0, 0.05) is 18.2 Å². The van der Waals surface area contributed by atoms with Crippen LogP contribution in [0.5, 0.6) is 28.7 Å². The van der Waals surface area contributed by atoms with Gasteiger partial charge in [0.2, 0.25) is 5.75 Å². The van der Waals surface area contributed by atoms with E-state index in [-0.39, 0.29) is 0 Å². The smallest absolute Gasteiger partial charge is 0.203 e. The number of hydrogen-bond donors (Lipinski definition) is 0. The van der Waals surface area contributed by atoms with Crippen LogP contribution in [0.1, 0.15) is 0 Å². The quantitative estimate of drug-likeness (QED) is 0.712. The predicted octanol–water partition coefficient (Wildman–Crippen LogP) is 4.15. The molecule has 0 saturated heterocycles. The van der Waals surface area contributed by atoms with E-state index in [4.69, 9.17) is 23.7 Å². The van der Waals surface area contributed by atoms with Crippen molar-refractivity contribution in [2.24, 2.45) is 10.2 Å². The van der Waals surface area contributed by atoms with Crippen molar-refractivity contribution in [1.82, 2.24) is 0 Å². The van der Waals surface area contributed by atoms with Crippen molar-refractivity contribution >= 4 is 11.4 Å². The van der Waals surface area contributed by atoms with Crippen molar-refractivity contribution < 1.29 is 23.7 Å². The molecule has 0 atom stereocenters. The zero-order valence-corrected chi connectivity index (χ0v) is 14.3. The summed E-state index contributed by atoms with van der Waals surface area (Å²) in [6.07, 6.45) is 0. The van der Waals surface area contributed by atoms with Crippen LogP contribution < -0.4 is 23.7 Å². The number of azo groups is 1. The molecule has 0 aliphatic heterocycles. The first-order valence-electron chi connectivity index (χ1n) is 7.10. The third kappa shape index (κ3) is 3.68. The van der Waals surface area contributed by atoms with E-state index in [0.29, 0.717) is 40.1 Å². The second-order valence-corrected chi connectivity index (χ2v) is 4.62. The summed E-state index contributed by atoms with van der Waals surface area (Å²) in [5.74, 6) is 2.75. The first kappa shape index (κ1) is 17.4. The average molecular weight is 332 g/mol. The van der Waals surface area contributed by atoms with E-state index >= 15 is 0 Å². The minimum absolute atomic E-state index is 0.501. The number of nitrogens with zero attached hydrogens (tertiary/aromatic N) is 2. The normalized spacial score (nSPS) is 10.5. The van der Waals surface area contributed by atoms with Crippen LogP contribution in [0.3, 0.4) is 0 Å². The van der Waals surface area contributed by atoms with Crippen LogP contribution in [0.2, 0.25) is 0 Å². The number of rotatable bonds is 7. The van der Waals surface area contributed by atoms with Crippen LogP contribution in [-0.2, 0) is 0 Å². The molecule has 0 fully saturated rings. The lowest BCUT2D eigenvalue weighted by Crippen LogP contribution is -1.94. The molecular weight excluding hydrogens is 312 g/mol. The fourth-order valence-electron chi connectivity index (χ4n) is 2.10. The summed E-state index contributed by atoms with van der Waals surface area (Å²) in [6, 6.07) is 8.70. The fraction of sp³-hybridized carbons (Fsp3) is 0.294. The number of hydrogen-bond acceptors (Lipinski definition) is 7.